The zero-order valence-corrected chi connectivity index (χ0v) is 20.5. The summed E-state index contributed by atoms with van der Waals surface area (Å²) in [6, 6.07) is 11.4. The first-order chi connectivity index (χ1) is 17.1. The summed E-state index contributed by atoms with van der Waals surface area (Å²) in [5, 5.41) is 23.6. The van der Waals surface area contributed by atoms with Gasteiger partial charge < -0.3 is 25.6 Å². The summed E-state index contributed by atoms with van der Waals surface area (Å²) in [6.07, 6.45) is 1.92. The van der Waals surface area contributed by atoms with Crippen LogP contribution in [-0.4, -0.2) is 45.6 Å². The summed E-state index contributed by atoms with van der Waals surface area (Å²) in [5.74, 6) is -2.70. The smallest absolute Gasteiger partial charge is 0.326 e. The van der Waals surface area contributed by atoms with Gasteiger partial charge in [-0.05, 0) is 86.9 Å². The van der Waals surface area contributed by atoms with E-state index in [4.69, 9.17) is 9.84 Å². The molecule has 4 N–H and O–H groups in total. The van der Waals surface area contributed by atoms with Crippen LogP contribution in [0.15, 0.2) is 42.5 Å². The second-order valence-electron chi connectivity index (χ2n) is 9.35. The number of hydrogen-bond acceptors (Lipinski definition) is 5. The minimum atomic E-state index is -1.31. The lowest BCUT2D eigenvalue weighted by Gasteiger charge is -2.30. The molecule has 0 heterocycles. The summed E-state index contributed by atoms with van der Waals surface area (Å²) < 4.78 is 6.09. The monoisotopic (exact) mass is 496 g/mol. The largest absolute Gasteiger partial charge is 0.481 e. The van der Waals surface area contributed by atoms with Crippen LogP contribution in [0.25, 0.3) is 0 Å². The van der Waals surface area contributed by atoms with Crippen LogP contribution < -0.4 is 15.4 Å². The van der Waals surface area contributed by atoms with Crippen molar-refractivity contribution in [1.82, 2.24) is 5.32 Å². The molecule has 9 nitrogen and oxygen atoms in total. The number of carbonyl (C=O) groups excluding carboxylic acids is 2. The molecule has 1 saturated carbocycles. The number of rotatable bonds is 11. The highest BCUT2D eigenvalue weighted by atomic mass is 16.5. The topological polar surface area (TPSA) is 142 Å². The maximum absolute atomic E-state index is 13.1. The van der Waals surface area contributed by atoms with E-state index in [-0.39, 0.29) is 25.2 Å². The number of carboxylic acids is 2. The SMILES string of the molecule is Cc1cc(C)cc(NC(=O)Cc2ccc(OC3(C(=O)N[C@@H](CCC(=O)O)C(=O)O)CCCC3)cc2)c1. The van der Waals surface area contributed by atoms with Crippen molar-refractivity contribution in [2.45, 2.75) is 70.4 Å². The molecule has 0 aromatic heterocycles. The molecular formula is C27H32N2O7. The van der Waals surface area contributed by atoms with Gasteiger partial charge in [0.15, 0.2) is 5.60 Å². The number of benzene rings is 2. The number of aryl methyl sites for hydroxylation is 2. The fourth-order valence-electron chi connectivity index (χ4n) is 4.47. The molecule has 1 aliphatic carbocycles. The van der Waals surface area contributed by atoms with Gasteiger partial charge in [0.25, 0.3) is 5.91 Å². The number of hydrogen-bond donors (Lipinski definition) is 4. The summed E-state index contributed by atoms with van der Waals surface area (Å²) >= 11 is 0. The van der Waals surface area contributed by atoms with E-state index in [9.17, 15) is 24.3 Å². The van der Waals surface area contributed by atoms with E-state index < -0.39 is 29.5 Å². The third kappa shape index (κ3) is 7.31. The minimum Gasteiger partial charge on any atom is -0.481 e. The lowest BCUT2D eigenvalue weighted by atomic mass is 9.99. The van der Waals surface area contributed by atoms with Gasteiger partial charge in [-0.1, -0.05) is 18.2 Å². The van der Waals surface area contributed by atoms with E-state index in [0.717, 1.165) is 35.2 Å². The third-order valence-electron chi connectivity index (χ3n) is 6.18. The number of amides is 2. The Morgan fingerprint density at radius 1 is 0.972 bits per heavy atom. The van der Waals surface area contributed by atoms with E-state index in [2.05, 4.69) is 10.6 Å². The van der Waals surface area contributed by atoms with Crippen molar-refractivity contribution in [3.63, 3.8) is 0 Å². The summed E-state index contributed by atoms with van der Waals surface area (Å²) in [5.41, 5.74) is 2.42. The van der Waals surface area contributed by atoms with Gasteiger partial charge >= 0.3 is 11.9 Å². The summed E-state index contributed by atoms with van der Waals surface area (Å²) in [6.45, 7) is 3.94. The van der Waals surface area contributed by atoms with Gasteiger partial charge in [-0.15, -0.1) is 0 Å². The molecule has 1 aliphatic rings. The molecule has 1 atom stereocenters. The molecule has 9 heteroatoms. The average Bonchev–Trinajstić information content (AvgIpc) is 3.26. The van der Waals surface area contributed by atoms with Gasteiger partial charge in [0.1, 0.15) is 11.8 Å². The van der Waals surface area contributed by atoms with Crippen molar-refractivity contribution < 1.29 is 34.1 Å². The molecule has 1 fully saturated rings. The first kappa shape index (κ1) is 26.7. The van der Waals surface area contributed by atoms with E-state index in [1.54, 1.807) is 24.3 Å². The van der Waals surface area contributed by atoms with Crippen LogP contribution in [0.5, 0.6) is 5.75 Å². The number of ether oxygens (including phenoxy) is 1. The lowest BCUT2D eigenvalue weighted by Crippen LogP contribution is -2.54. The van der Waals surface area contributed by atoms with Crippen LogP contribution >= 0.6 is 0 Å². The van der Waals surface area contributed by atoms with Gasteiger partial charge in [0.2, 0.25) is 5.91 Å². The molecule has 2 aromatic rings. The highest BCUT2D eigenvalue weighted by molar-refractivity contribution is 5.92. The first-order valence-electron chi connectivity index (χ1n) is 12.0. The quantitative estimate of drug-likeness (QED) is 0.372. The Kier molecular flexibility index (Phi) is 8.68. The van der Waals surface area contributed by atoms with Crippen LogP contribution in [0, 0.1) is 13.8 Å². The molecule has 0 spiro atoms. The van der Waals surface area contributed by atoms with Crippen LogP contribution in [0.1, 0.15) is 55.2 Å². The molecule has 3 rings (SSSR count). The molecule has 0 unspecified atom stereocenters. The Balaban J connectivity index is 1.63. The van der Waals surface area contributed by atoms with Crippen LogP contribution in [0.2, 0.25) is 0 Å². The Bertz CT molecular complexity index is 1100. The summed E-state index contributed by atoms with van der Waals surface area (Å²) in [7, 11) is 0. The number of anilines is 1. The van der Waals surface area contributed by atoms with Crippen molar-refractivity contribution in [3.8, 4) is 5.75 Å². The fourth-order valence-corrected chi connectivity index (χ4v) is 4.47. The molecular weight excluding hydrogens is 464 g/mol. The zero-order chi connectivity index (χ0) is 26.3. The second-order valence-corrected chi connectivity index (χ2v) is 9.35. The van der Waals surface area contributed by atoms with Crippen LogP contribution in [0.4, 0.5) is 5.69 Å². The third-order valence-corrected chi connectivity index (χ3v) is 6.18. The Morgan fingerprint density at radius 3 is 2.14 bits per heavy atom. The summed E-state index contributed by atoms with van der Waals surface area (Å²) in [4.78, 5) is 47.9. The number of carbonyl (C=O) groups is 4. The van der Waals surface area contributed by atoms with Gasteiger partial charge in [0, 0.05) is 12.1 Å². The number of carboxylic acid groups (broad SMARTS) is 2. The lowest BCUT2D eigenvalue weighted by molar-refractivity contribution is -0.146. The first-order valence-corrected chi connectivity index (χ1v) is 12.0. The maximum Gasteiger partial charge on any atom is 0.326 e. The molecule has 2 amide bonds. The number of nitrogens with one attached hydrogen (secondary N) is 2. The normalized spacial score (nSPS) is 15.1. The van der Waals surface area contributed by atoms with Crippen molar-refractivity contribution in [3.05, 3.63) is 59.2 Å². The Hall–Kier alpha value is -3.88. The highest BCUT2D eigenvalue weighted by Gasteiger charge is 2.45. The van der Waals surface area contributed by atoms with E-state index in [0.29, 0.717) is 18.6 Å². The molecule has 2 aromatic carbocycles. The Morgan fingerprint density at radius 2 is 1.58 bits per heavy atom. The van der Waals surface area contributed by atoms with Crippen LogP contribution in [-0.2, 0) is 25.6 Å². The van der Waals surface area contributed by atoms with Crippen LogP contribution in [0.3, 0.4) is 0 Å². The highest BCUT2D eigenvalue weighted by Crippen LogP contribution is 2.35. The molecule has 192 valence electrons. The number of aliphatic carboxylic acids is 2. The second kappa shape index (κ2) is 11.7. The van der Waals surface area contributed by atoms with Crippen molar-refractivity contribution in [2.75, 3.05) is 5.32 Å². The van der Waals surface area contributed by atoms with E-state index >= 15 is 0 Å². The Labute approximate surface area is 209 Å². The predicted octanol–water partition coefficient (Wildman–Crippen LogP) is 3.61. The predicted molar refractivity (Wildman–Crippen MR) is 133 cm³/mol. The average molecular weight is 497 g/mol. The van der Waals surface area contributed by atoms with E-state index in [1.807, 2.05) is 32.0 Å². The molecule has 36 heavy (non-hydrogen) atoms. The van der Waals surface area contributed by atoms with Gasteiger partial charge in [0.05, 0.1) is 6.42 Å². The molecule has 0 aliphatic heterocycles. The van der Waals surface area contributed by atoms with Crippen molar-refractivity contribution >= 4 is 29.4 Å². The maximum atomic E-state index is 13.1. The van der Waals surface area contributed by atoms with Gasteiger partial charge in [-0.25, -0.2) is 4.79 Å². The fraction of sp³-hybridized carbons (Fsp3) is 0.407. The van der Waals surface area contributed by atoms with Gasteiger partial charge in [-0.3, -0.25) is 14.4 Å². The van der Waals surface area contributed by atoms with Crippen molar-refractivity contribution in [2.24, 2.45) is 0 Å². The molecule has 0 bridgehead atoms. The standard InChI is InChI=1S/C27H32N2O7/c1-17-13-18(2)15-20(14-17)28-23(30)16-19-5-7-21(8-6-19)36-27(11-3-4-12-27)26(35)29-22(25(33)34)9-10-24(31)32/h5-8,13-15,22H,3-4,9-12,16H2,1-2H3,(H,28,30)(H,29,35)(H,31,32)(H,33,34)/t22-/m0/s1. The van der Waals surface area contributed by atoms with Crippen molar-refractivity contribution in [1.29, 1.82) is 0 Å². The van der Waals surface area contributed by atoms with E-state index in [1.165, 1.54) is 0 Å². The van der Waals surface area contributed by atoms with Gasteiger partial charge in [-0.2, -0.15) is 0 Å². The zero-order valence-electron chi connectivity index (χ0n) is 20.5. The molecule has 0 saturated heterocycles. The minimum absolute atomic E-state index is 0.151. The molecule has 0 radical (unpaired) electrons.